The predicted molar refractivity (Wildman–Crippen MR) is 93.9 cm³/mol. The van der Waals surface area contributed by atoms with Gasteiger partial charge >= 0.3 is 0 Å². The zero-order chi connectivity index (χ0) is 15.6. The largest absolute Gasteiger partial charge is 0.495 e. The van der Waals surface area contributed by atoms with Crippen LogP contribution in [0.25, 0.3) is 0 Å². The maximum Gasteiger partial charge on any atom is 0.143 e. The summed E-state index contributed by atoms with van der Waals surface area (Å²) in [5.41, 5.74) is 2.99. The van der Waals surface area contributed by atoms with Crippen LogP contribution in [0.5, 0.6) is 5.75 Å². The molecular formula is C16H16BrCl2NO. The average molecular weight is 389 g/mol. The Bertz CT molecular complexity index is 661. The SMILES string of the molecule is COc1cc(Br)cc(C)c1NC(C)c1cc(Cl)ccc1Cl. The molecule has 0 radical (unpaired) electrons. The molecule has 0 fully saturated rings. The first-order valence-corrected chi connectivity index (χ1v) is 8.03. The summed E-state index contributed by atoms with van der Waals surface area (Å²) in [6.45, 7) is 4.07. The quantitative estimate of drug-likeness (QED) is 0.668. The molecule has 2 nitrogen and oxygen atoms in total. The molecule has 0 bridgehead atoms. The Morgan fingerprint density at radius 1 is 1.19 bits per heavy atom. The normalized spacial score (nSPS) is 12.1. The Labute approximate surface area is 143 Å². The minimum Gasteiger partial charge on any atom is -0.495 e. The molecule has 21 heavy (non-hydrogen) atoms. The number of ether oxygens (including phenoxy) is 1. The van der Waals surface area contributed by atoms with E-state index in [1.54, 1.807) is 13.2 Å². The summed E-state index contributed by atoms with van der Waals surface area (Å²) in [6, 6.07) is 9.44. The van der Waals surface area contributed by atoms with Gasteiger partial charge in [-0.2, -0.15) is 0 Å². The number of hydrogen-bond donors (Lipinski definition) is 1. The lowest BCUT2D eigenvalue weighted by Gasteiger charge is -2.21. The second-order valence-corrected chi connectivity index (χ2v) is 6.59. The molecule has 5 heteroatoms. The third-order valence-electron chi connectivity index (χ3n) is 3.27. The van der Waals surface area contributed by atoms with Crippen molar-refractivity contribution in [2.45, 2.75) is 19.9 Å². The van der Waals surface area contributed by atoms with Gasteiger partial charge < -0.3 is 10.1 Å². The highest BCUT2D eigenvalue weighted by Gasteiger charge is 2.15. The topological polar surface area (TPSA) is 21.3 Å². The van der Waals surface area contributed by atoms with E-state index in [0.29, 0.717) is 10.0 Å². The van der Waals surface area contributed by atoms with Gasteiger partial charge in [-0.15, -0.1) is 0 Å². The Morgan fingerprint density at radius 3 is 2.57 bits per heavy atom. The van der Waals surface area contributed by atoms with Crippen molar-refractivity contribution in [1.29, 1.82) is 0 Å². The van der Waals surface area contributed by atoms with Crippen LogP contribution in [-0.4, -0.2) is 7.11 Å². The van der Waals surface area contributed by atoms with E-state index in [1.807, 2.05) is 38.1 Å². The molecule has 0 aromatic heterocycles. The number of halogens is 3. The monoisotopic (exact) mass is 387 g/mol. The van der Waals surface area contributed by atoms with Crippen LogP contribution in [0.2, 0.25) is 10.0 Å². The van der Waals surface area contributed by atoms with Gasteiger partial charge in [0.1, 0.15) is 5.75 Å². The van der Waals surface area contributed by atoms with Gasteiger partial charge in [-0.3, -0.25) is 0 Å². The van der Waals surface area contributed by atoms with E-state index in [-0.39, 0.29) is 6.04 Å². The minimum absolute atomic E-state index is 0.00461. The Hall–Kier alpha value is -0.900. The van der Waals surface area contributed by atoms with Crippen LogP contribution in [0.1, 0.15) is 24.1 Å². The van der Waals surface area contributed by atoms with Gasteiger partial charge in [0, 0.05) is 14.5 Å². The average Bonchev–Trinajstić information content (AvgIpc) is 2.43. The molecule has 112 valence electrons. The zero-order valence-corrected chi connectivity index (χ0v) is 15.1. The van der Waals surface area contributed by atoms with Crippen LogP contribution in [0.3, 0.4) is 0 Å². The molecule has 2 aromatic rings. The van der Waals surface area contributed by atoms with Gasteiger partial charge in [-0.05, 0) is 55.3 Å². The van der Waals surface area contributed by atoms with Gasteiger partial charge in [0.25, 0.3) is 0 Å². The maximum atomic E-state index is 6.26. The number of methoxy groups -OCH3 is 1. The molecule has 0 spiro atoms. The molecule has 2 aromatic carbocycles. The number of aryl methyl sites for hydroxylation is 1. The van der Waals surface area contributed by atoms with Crippen molar-refractivity contribution in [2.24, 2.45) is 0 Å². The summed E-state index contributed by atoms with van der Waals surface area (Å²) in [7, 11) is 1.66. The highest BCUT2D eigenvalue weighted by molar-refractivity contribution is 9.10. The Balaban J connectivity index is 2.35. The second kappa shape index (κ2) is 6.91. The first-order valence-electron chi connectivity index (χ1n) is 6.48. The third kappa shape index (κ3) is 3.85. The van der Waals surface area contributed by atoms with E-state index in [2.05, 4.69) is 21.2 Å². The highest BCUT2D eigenvalue weighted by Crippen LogP contribution is 2.36. The third-order valence-corrected chi connectivity index (χ3v) is 4.31. The second-order valence-electron chi connectivity index (χ2n) is 4.83. The molecule has 0 aliphatic carbocycles. The molecule has 1 unspecified atom stereocenters. The Kier molecular flexibility index (Phi) is 5.42. The predicted octanol–water partition coefficient (Wildman–Crippen LogP) is 6.25. The fourth-order valence-corrected chi connectivity index (χ4v) is 3.21. The fraction of sp³-hybridized carbons (Fsp3) is 0.250. The summed E-state index contributed by atoms with van der Waals surface area (Å²) in [4.78, 5) is 0. The van der Waals surface area contributed by atoms with Crippen molar-refractivity contribution in [3.8, 4) is 5.75 Å². The van der Waals surface area contributed by atoms with Crippen LogP contribution in [0, 0.1) is 6.92 Å². The molecule has 1 N–H and O–H groups in total. The van der Waals surface area contributed by atoms with Crippen molar-refractivity contribution in [2.75, 3.05) is 12.4 Å². The smallest absolute Gasteiger partial charge is 0.143 e. The van der Waals surface area contributed by atoms with Gasteiger partial charge in [0.05, 0.1) is 18.8 Å². The lowest BCUT2D eigenvalue weighted by molar-refractivity contribution is 0.415. The van der Waals surface area contributed by atoms with Crippen LogP contribution in [0.15, 0.2) is 34.8 Å². The van der Waals surface area contributed by atoms with E-state index in [9.17, 15) is 0 Å². The minimum atomic E-state index is 0.00461. The van der Waals surface area contributed by atoms with Crippen molar-refractivity contribution in [3.05, 3.63) is 56.0 Å². The standard InChI is InChI=1S/C16H16BrCl2NO/c1-9-6-11(17)7-15(21-3)16(9)20-10(2)13-8-12(18)4-5-14(13)19/h4-8,10,20H,1-3H3. The molecule has 2 rings (SSSR count). The first kappa shape index (κ1) is 16.5. The number of benzene rings is 2. The van der Waals surface area contributed by atoms with Crippen molar-refractivity contribution in [1.82, 2.24) is 0 Å². The summed E-state index contributed by atoms with van der Waals surface area (Å²) in [5.74, 6) is 0.784. The van der Waals surface area contributed by atoms with E-state index in [4.69, 9.17) is 27.9 Å². The van der Waals surface area contributed by atoms with E-state index in [0.717, 1.165) is 27.0 Å². The molecule has 0 saturated carbocycles. The van der Waals surface area contributed by atoms with E-state index < -0.39 is 0 Å². The van der Waals surface area contributed by atoms with Crippen molar-refractivity contribution >= 4 is 44.8 Å². The molecule has 0 aliphatic rings. The van der Waals surface area contributed by atoms with Crippen LogP contribution >= 0.6 is 39.1 Å². The van der Waals surface area contributed by atoms with Crippen LogP contribution in [-0.2, 0) is 0 Å². The van der Waals surface area contributed by atoms with Gasteiger partial charge in [-0.1, -0.05) is 39.1 Å². The molecule has 0 aliphatic heterocycles. The fourth-order valence-electron chi connectivity index (χ4n) is 2.20. The van der Waals surface area contributed by atoms with Crippen molar-refractivity contribution in [3.63, 3.8) is 0 Å². The molecule has 1 atom stereocenters. The summed E-state index contributed by atoms with van der Waals surface area (Å²) in [6.07, 6.45) is 0. The van der Waals surface area contributed by atoms with Crippen molar-refractivity contribution < 1.29 is 4.74 Å². The summed E-state index contributed by atoms with van der Waals surface area (Å²) < 4.78 is 6.43. The zero-order valence-electron chi connectivity index (χ0n) is 12.0. The number of nitrogens with one attached hydrogen (secondary N) is 1. The van der Waals surface area contributed by atoms with Gasteiger partial charge in [-0.25, -0.2) is 0 Å². The molecule has 0 saturated heterocycles. The Morgan fingerprint density at radius 2 is 1.90 bits per heavy atom. The lowest BCUT2D eigenvalue weighted by atomic mass is 10.1. The van der Waals surface area contributed by atoms with Gasteiger partial charge in [0.15, 0.2) is 0 Å². The molecular weight excluding hydrogens is 373 g/mol. The molecule has 0 amide bonds. The lowest BCUT2D eigenvalue weighted by Crippen LogP contribution is -2.09. The van der Waals surface area contributed by atoms with E-state index >= 15 is 0 Å². The van der Waals surface area contributed by atoms with Crippen LogP contribution < -0.4 is 10.1 Å². The number of rotatable bonds is 4. The van der Waals surface area contributed by atoms with E-state index in [1.165, 1.54) is 0 Å². The maximum absolute atomic E-state index is 6.26. The van der Waals surface area contributed by atoms with Gasteiger partial charge in [0.2, 0.25) is 0 Å². The van der Waals surface area contributed by atoms with Crippen LogP contribution in [0.4, 0.5) is 5.69 Å². The number of anilines is 1. The highest BCUT2D eigenvalue weighted by atomic mass is 79.9. The molecule has 0 heterocycles. The first-order chi connectivity index (χ1) is 9.92. The summed E-state index contributed by atoms with van der Waals surface area (Å²) in [5, 5.41) is 4.81. The summed E-state index contributed by atoms with van der Waals surface area (Å²) >= 11 is 15.8. The number of hydrogen-bond acceptors (Lipinski definition) is 2.